The highest BCUT2D eigenvalue weighted by atomic mass is 16.7. The summed E-state index contributed by atoms with van der Waals surface area (Å²) in [5, 5.41) is 0. The fourth-order valence-electron chi connectivity index (χ4n) is 2.28. The molecule has 3 heteroatoms. The third-order valence-electron chi connectivity index (χ3n) is 4.31. The predicted octanol–water partition coefficient (Wildman–Crippen LogP) is 3.97. The summed E-state index contributed by atoms with van der Waals surface area (Å²) in [7, 11) is -0.469. The van der Waals surface area contributed by atoms with Crippen LogP contribution in [-0.4, -0.2) is 18.3 Å². The van der Waals surface area contributed by atoms with Crippen LogP contribution in [0.4, 0.5) is 0 Å². The lowest BCUT2D eigenvalue weighted by Crippen LogP contribution is -2.41. The van der Waals surface area contributed by atoms with E-state index >= 15 is 0 Å². The van der Waals surface area contributed by atoms with Crippen LogP contribution in [0.25, 0.3) is 0 Å². The van der Waals surface area contributed by atoms with Gasteiger partial charge >= 0.3 is 7.12 Å². The van der Waals surface area contributed by atoms with E-state index < -0.39 is 7.12 Å². The van der Waals surface area contributed by atoms with Crippen LogP contribution in [0.5, 0.6) is 0 Å². The van der Waals surface area contributed by atoms with Gasteiger partial charge in [0, 0.05) is 5.56 Å². The van der Waals surface area contributed by atoms with E-state index in [0.29, 0.717) is 0 Å². The average Bonchev–Trinajstić information content (AvgIpc) is 2.54. The summed E-state index contributed by atoms with van der Waals surface area (Å²) < 4.78 is 11.8. The first-order valence-corrected chi connectivity index (χ1v) is 7.50. The zero-order valence-corrected chi connectivity index (χ0v) is 14.2. The Morgan fingerprint density at radius 2 is 1.48 bits per heavy atom. The number of rotatable bonds is 0. The van der Waals surface area contributed by atoms with E-state index in [-0.39, 0.29) is 16.6 Å². The third-order valence-corrected chi connectivity index (χ3v) is 4.31. The Hall–Kier alpha value is -1.24. The van der Waals surface area contributed by atoms with Crippen LogP contribution in [0.1, 0.15) is 59.6 Å². The van der Waals surface area contributed by atoms with Crippen molar-refractivity contribution >= 4 is 7.12 Å². The molecule has 1 aromatic carbocycles. The Morgan fingerprint density at radius 1 is 0.952 bits per heavy atom. The molecule has 1 heterocycles. The molecule has 0 saturated carbocycles. The lowest BCUT2D eigenvalue weighted by Gasteiger charge is -2.32. The fraction of sp³-hybridized carbons (Fsp3) is 0.556. The molecule has 112 valence electrons. The predicted molar refractivity (Wildman–Crippen MR) is 88.1 cm³/mol. The van der Waals surface area contributed by atoms with Crippen molar-refractivity contribution in [3.05, 3.63) is 35.4 Å². The lowest BCUT2D eigenvalue weighted by atomic mass is 9.83. The zero-order chi connectivity index (χ0) is 15.9. The Bertz CT molecular complexity index is 569. The van der Waals surface area contributed by atoms with Gasteiger partial charge in [0.2, 0.25) is 0 Å². The first-order valence-electron chi connectivity index (χ1n) is 7.50. The zero-order valence-electron chi connectivity index (χ0n) is 14.2. The van der Waals surface area contributed by atoms with Gasteiger partial charge in [0.25, 0.3) is 0 Å². The number of hydrogen-bond acceptors (Lipinski definition) is 2. The molecular formula is C18H25BO2. The SMILES string of the molecule is CC(C)(C)c1ccccc1C#CB1OC(C)(C)C(C)(C)O1. The van der Waals surface area contributed by atoms with Crippen LogP contribution in [0.2, 0.25) is 0 Å². The van der Waals surface area contributed by atoms with Gasteiger partial charge < -0.3 is 9.31 Å². The van der Waals surface area contributed by atoms with Crippen molar-refractivity contribution in [2.24, 2.45) is 0 Å². The normalized spacial score (nSPS) is 20.0. The second kappa shape index (κ2) is 5.19. The highest BCUT2D eigenvalue weighted by Gasteiger charge is 2.50. The summed E-state index contributed by atoms with van der Waals surface area (Å²) >= 11 is 0. The van der Waals surface area contributed by atoms with Gasteiger partial charge in [0.05, 0.1) is 11.2 Å². The fourth-order valence-corrected chi connectivity index (χ4v) is 2.28. The Labute approximate surface area is 129 Å². The van der Waals surface area contributed by atoms with Gasteiger partial charge in [0.1, 0.15) is 0 Å². The van der Waals surface area contributed by atoms with E-state index in [2.05, 4.69) is 50.7 Å². The molecule has 0 unspecified atom stereocenters. The molecule has 2 nitrogen and oxygen atoms in total. The van der Waals surface area contributed by atoms with Gasteiger partial charge in [0.15, 0.2) is 0 Å². The maximum Gasteiger partial charge on any atom is 0.551 e. The second-order valence-electron chi connectivity index (χ2n) is 7.65. The molecule has 2 rings (SSSR count). The molecule has 0 atom stereocenters. The van der Waals surface area contributed by atoms with Crippen molar-refractivity contribution in [2.45, 2.75) is 65.1 Å². The molecule has 0 spiro atoms. The summed E-state index contributed by atoms with van der Waals surface area (Å²) in [5.74, 6) is 6.36. The number of hydrogen-bond donors (Lipinski definition) is 0. The van der Waals surface area contributed by atoms with Crippen LogP contribution in [0, 0.1) is 11.7 Å². The quantitative estimate of drug-likeness (QED) is 0.530. The summed E-state index contributed by atoms with van der Waals surface area (Å²) in [4.78, 5) is 0. The van der Waals surface area contributed by atoms with Crippen molar-refractivity contribution in [3.63, 3.8) is 0 Å². The van der Waals surface area contributed by atoms with Gasteiger partial charge in [-0.15, -0.1) is 0 Å². The molecule has 1 fully saturated rings. The summed E-state index contributed by atoms with van der Waals surface area (Å²) in [6, 6.07) is 8.26. The Morgan fingerprint density at radius 3 is 2.00 bits per heavy atom. The molecule has 0 N–H and O–H groups in total. The van der Waals surface area contributed by atoms with Crippen LogP contribution in [0.3, 0.4) is 0 Å². The minimum atomic E-state index is -0.469. The molecule has 1 aliphatic rings. The minimum absolute atomic E-state index is 0.0706. The first kappa shape index (κ1) is 16.1. The van der Waals surface area contributed by atoms with Crippen LogP contribution < -0.4 is 0 Å². The van der Waals surface area contributed by atoms with Gasteiger partial charge in [-0.05, 0) is 44.7 Å². The lowest BCUT2D eigenvalue weighted by molar-refractivity contribution is 0.00578. The summed E-state index contributed by atoms with van der Waals surface area (Å²) in [6.45, 7) is 14.7. The topological polar surface area (TPSA) is 18.5 Å². The van der Waals surface area contributed by atoms with E-state index in [1.165, 1.54) is 5.56 Å². The highest BCUT2D eigenvalue weighted by molar-refractivity contribution is 6.55. The van der Waals surface area contributed by atoms with E-state index in [9.17, 15) is 0 Å². The smallest absolute Gasteiger partial charge is 0.392 e. The highest BCUT2D eigenvalue weighted by Crippen LogP contribution is 2.36. The van der Waals surface area contributed by atoms with Crippen molar-refractivity contribution in [3.8, 4) is 11.7 Å². The second-order valence-corrected chi connectivity index (χ2v) is 7.65. The van der Waals surface area contributed by atoms with Crippen LogP contribution in [-0.2, 0) is 14.7 Å². The molecule has 21 heavy (non-hydrogen) atoms. The maximum atomic E-state index is 5.92. The molecule has 1 aliphatic heterocycles. The van der Waals surface area contributed by atoms with Crippen LogP contribution in [0.15, 0.2) is 24.3 Å². The van der Waals surface area contributed by atoms with E-state index in [4.69, 9.17) is 9.31 Å². The maximum absolute atomic E-state index is 5.92. The van der Waals surface area contributed by atoms with Crippen molar-refractivity contribution < 1.29 is 9.31 Å². The van der Waals surface area contributed by atoms with Gasteiger partial charge in [-0.25, -0.2) is 0 Å². The van der Waals surface area contributed by atoms with E-state index in [1.54, 1.807) is 0 Å². The van der Waals surface area contributed by atoms with Gasteiger partial charge in [-0.3, -0.25) is 0 Å². The largest absolute Gasteiger partial charge is 0.551 e. The number of benzene rings is 1. The summed E-state index contributed by atoms with van der Waals surface area (Å²) in [6.07, 6.45) is 0. The molecule has 0 amide bonds. The molecule has 0 aliphatic carbocycles. The van der Waals surface area contributed by atoms with Gasteiger partial charge in [-0.1, -0.05) is 50.7 Å². The van der Waals surface area contributed by atoms with E-state index in [0.717, 1.165) is 5.56 Å². The molecule has 1 saturated heterocycles. The van der Waals surface area contributed by atoms with Crippen molar-refractivity contribution in [2.75, 3.05) is 0 Å². The molecule has 0 bridgehead atoms. The Kier molecular flexibility index (Phi) is 3.99. The van der Waals surface area contributed by atoms with Crippen molar-refractivity contribution in [1.29, 1.82) is 0 Å². The van der Waals surface area contributed by atoms with Gasteiger partial charge in [-0.2, -0.15) is 0 Å². The molecule has 0 radical (unpaired) electrons. The standard InChI is InChI=1S/C18H25BO2/c1-16(2,3)15-11-9-8-10-14(15)12-13-19-20-17(4,5)18(6,7)21-19/h8-11H,1-7H3. The third kappa shape index (κ3) is 3.34. The first-order chi connectivity index (χ1) is 9.53. The molecule has 0 aromatic heterocycles. The van der Waals surface area contributed by atoms with E-state index in [1.807, 2.05) is 33.8 Å². The summed E-state index contributed by atoms with van der Waals surface area (Å²) in [5.41, 5.74) is 1.68. The molecule has 1 aromatic rings. The van der Waals surface area contributed by atoms with Crippen LogP contribution >= 0.6 is 0 Å². The minimum Gasteiger partial charge on any atom is -0.392 e. The molecular weight excluding hydrogens is 259 g/mol. The monoisotopic (exact) mass is 284 g/mol. The average molecular weight is 284 g/mol. The van der Waals surface area contributed by atoms with Crippen molar-refractivity contribution in [1.82, 2.24) is 0 Å². The Balaban J connectivity index is 2.27.